The first-order valence-corrected chi connectivity index (χ1v) is 5.12. The molecule has 5 nitrogen and oxygen atoms in total. The van der Waals surface area contributed by atoms with Crippen LogP contribution in [-0.4, -0.2) is 29.6 Å². The Balaban J connectivity index is 2.05. The van der Waals surface area contributed by atoms with E-state index in [4.69, 9.17) is 0 Å². The Morgan fingerprint density at radius 1 is 1.27 bits per heavy atom. The van der Waals surface area contributed by atoms with E-state index in [0.717, 1.165) is 25.7 Å². The topological polar surface area (TPSA) is 66.5 Å². The zero-order valence-corrected chi connectivity index (χ0v) is 8.60. The minimum Gasteiger partial charge on any atom is -0.265 e. The normalized spacial score (nSPS) is 18.5. The fourth-order valence-corrected chi connectivity index (χ4v) is 1.46. The predicted octanol–water partition coefficient (Wildman–Crippen LogP) is 1.39. The Morgan fingerprint density at radius 3 is 2.93 bits per heavy atom. The molecule has 2 aliphatic rings. The van der Waals surface area contributed by atoms with Gasteiger partial charge >= 0.3 is 5.91 Å². The minimum atomic E-state index is -0.316. The lowest BCUT2D eigenvalue weighted by molar-refractivity contribution is -0.111. The Kier molecular flexibility index (Phi) is 2.80. The number of aliphatic imine (C=N–C) groups is 4. The fraction of sp³-hybridized carbons (Fsp3) is 0.500. The number of rotatable bonds is 4. The van der Waals surface area contributed by atoms with Gasteiger partial charge in [0, 0.05) is 6.42 Å². The molecule has 0 spiro atoms. The molecule has 0 saturated heterocycles. The summed E-state index contributed by atoms with van der Waals surface area (Å²) in [4.78, 5) is 27.2. The van der Waals surface area contributed by atoms with Crippen molar-refractivity contribution >= 4 is 29.6 Å². The largest absolute Gasteiger partial charge is 0.301 e. The van der Waals surface area contributed by atoms with E-state index in [0.29, 0.717) is 11.7 Å². The van der Waals surface area contributed by atoms with Crippen LogP contribution in [0, 0.1) is 0 Å². The van der Waals surface area contributed by atoms with Crippen LogP contribution in [0.1, 0.15) is 32.6 Å². The van der Waals surface area contributed by atoms with Gasteiger partial charge in [0.15, 0.2) is 11.5 Å². The second-order valence-electron chi connectivity index (χ2n) is 3.45. The maximum atomic E-state index is 11.4. The summed E-state index contributed by atoms with van der Waals surface area (Å²) in [7, 11) is 0. The fourth-order valence-electron chi connectivity index (χ4n) is 1.46. The van der Waals surface area contributed by atoms with Gasteiger partial charge in [-0.05, 0) is 6.42 Å². The van der Waals surface area contributed by atoms with Gasteiger partial charge in [0.05, 0.1) is 0 Å². The number of amidine groups is 2. The molecular formula is C10H12N4O. The molecule has 1 amide bonds. The Bertz CT molecular complexity index is 404. The highest BCUT2D eigenvalue weighted by atomic mass is 16.1. The van der Waals surface area contributed by atoms with Crippen LogP contribution in [-0.2, 0) is 4.79 Å². The first-order chi connectivity index (χ1) is 7.31. The highest BCUT2D eigenvalue weighted by molar-refractivity contribution is 6.71. The van der Waals surface area contributed by atoms with Crippen molar-refractivity contribution in [1.29, 1.82) is 0 Å². The van der Waals surface area contributed by atoms with Crippen LogP contribution in [0.25, 0.3) is 0 Å². The van der Waals surface area contributed by atoms with Crippen molar-refractivity contribution in [2.24, 2.45) is 20.0 Å². The van der Waals surface area contributed by atoms with Gasteiger partial charge in [-0.2, -0.15) is 4.99 Å². The van der Waals surface area contributed by atoms with Gasteiger partial charge in [0.1, 0.15) is 12.2 Å². The number of hydrogen-bond donors (Lipinski definition) is 0. The highest BCUT2D eigenvalue weighted by Gasteiger charge is 2.25. The van der Waals surface area contributed by atoms with Gasteiger partial charge in [0.2, 0.25) is 0 Å². The first kappa shape index (κ1) is 9.89. The van der Waals surface area contributed by atoms with Crippen LogP contribution in [0.4, 0.5) is 0 Å². The number of amides is 1. The molecule has 2 heterocycles. The van der Waals surface area contributed by atoms with E-state index in [1.807, 2.05) is 0 Å². The molecule has 0 atom stereocenters. The van der Waals surface area contributed by atoms with Gasteiger partial charge in [-0.1, -0.05) is 19.8 Å². The Hall–Kier alpha value is -1.65. The lowest BCUT2D eigenvalue weighted by atomic mass is 10.2. The van der Waals surface area contributed by atoms with Gasteiger partial charge in [-0.25, -0.2) is 15.0 Å². The summed E-state index contributed by atoms with van der Waals surface area (Å²) in [5.41, 5.74) is 0.272. The van der Waals surface area contributed by atoms with Crippen molar-refractivity contribution in [2.75, 3.05) is 0 Å². The van der Waals surface area contributed by atoms with Gasteiger partial charge in [0.25, 0.3) is 0 Å². The van der Waals surface area contributed by atoms with Gasteiger partial charge in [-0.15, -0.1) is 0 Å². The van der Waals surface area contributed by atoms with Crippen molar-refractivity contribution in [2.45, 2.75) is 32.6 Å². The third-order valence-electron chi connectivity index (χ3n) is 2.25. The Morgan fingerprint density at radius 2 is 2.13 bits per heavy atom. The predicted molar refractivity (Wildman–Crippen MR) is 59.9 cm³/mol. The molecule has 0 bridgehead atoms. The highest BCUT2D eigenvalue weighted by Crippen LogP contribution is 2.09. The third-order valence-corrected chi connectivity index (χ3v) is 2.25. The molecule has 2 rings (SSSR count). The van der Waals surface area contributed by atoms with Crippen molar-refractivity contribution in [3.05, 3.63) is 0 Å². The first-order valence-electron chi connectivity index (χ1n) is 5.12. The molecular weight excluding hydrogens is 192 g/mol. The SMILES string of the molecule is CCCCCC1=NC(=O)C2=NC=NC2=N1. The maximum Gasteiger partial charge on any atom is 0.301 e. The van der Waals surface area contributed by atoms with Crippen LogP contribution < -0.4 is 0 Å². The lowest BCUT2D eigenvalue weighted by Gasteiger charge is -2.06. The standard InChI is InChI=1S/C10H12N4O/c1-2-3-4-5-7-13-9-8(10(15)14-7)11-6-12-9/h6H,2-5H2,1H3. The molecule has 0 aliphatic carbocycles. The number of nitrogens with zero attached hydrogens (tertiary/aromatic N) is 4. The number of carbonyl (C=O) groups is 1. The molecule has 0 aromatic heterocycles. The van der Waals surface area contributed by atoms with Crippen LogP contribution in [0.15, 0.2) is 20.0 Å². The second kappa shape index (κ2) is 4.25. The van der Waals surface area contributed by atoms with Crippen molar-refractivity contribution in [1.82, 2.24) is 0 Å². The number of carbonyl (C=O) groups excluding carboxylic acids is 1. The molecule has 78 valence electrons. The van der Waals surface area contributed by atoms with E-state index in [1.165, 1.54) is 6.34 Å². The van der Waals surface area contributed by atoms with Gasteiger partial charge in [-0.3, -0.25) is 4.79 Å². The van der Waals surface area contributed by atoms with E-state index in [9.17, 15) is 4.79 Å². The number of unbranched alkanes of at least 4 members (excludes halogenated alkanes) is 2. The summed E-state index contributed by atoms with van der Waals surface area (Å²) in [6.07, 6.45) is 5.36. The molecule has 0 fully saturated rings. The molecule has 0 N–H and O–H groups in total. The van der Waals surface area contributed by atoms with Crippen molar-refractivity contribution in [3.8, 4) is 0 Å². The average molecular weight is 204 g/mol. The van der Waals surface area contributed by atoms with Crippen molar-refractivity contribution in [3.63, 3.8) is 0 Å². The summed E-state index contributed by atoms with van der Waals surface area (Å²) < 4.78 is 0. The number of fused-ring (bicyclic) bond motifs is 1. The number of hydrogen-bond acceptors (Lipinski definition) is 4. The molecule has 2 aliphatic heterocycles. The quantitative estimate of drug-likeness (QED) is 0.638. The second-order valence-corrected chi connectivity index (χ2v) is 3.45. The molecule has 0 radical (unpaired) electrons. The third kappa shape index (κ3) is 2.06. The van der Waals surface area contributed by atoms with Gasteiger partial charge < -0.3 is 0 Å². The summed E-state index contributed by atoms with van der Waals surface area (Å²) in [6, 6.07) is 0. The summed E-state index contributed by atoms with van der Waals surface area (Å²) in [6.45, 7) is 2.13. The minimum absolute atomic E-state index is 0.272. The Labute approximate surface area is 87.8 Å². The molecule has 0 unspecified atom stereocenters. The van der Waals surface area contributed by atoms with Crippen molar-refractivity contribution < 1.29 is 4.79 Å². The van der Waals surface area contributed by atoms with Crippen LogP contribution in [0.3, 0.4) is 0 Å². The molecule has 15 heavy (non-hydrogen) atoms. The molecule has 0 aromatic rings. The lowest BCUT2D eigenvalue weighted by Crippen LogP contribution is -2.25. The molecule has 0 aromatic carbocycles. The van der Waals surface area contributed by atoms with Crippen LogP contribution >= 0.6 is 0 Å². The smallest absolute Gasteiger partial charge is 0.265 e. The van der Waals surface area contributed by atoms with E-state index < -0.39 is 0 Å². The monoisotopic (exact) mass is 204 g/mol. The van der Waals surface area contributed by atoms with E-state index >= 15 is 0 Å². The summed E-state index contributed by atoms with van der Waals surface area (Å²) >= 11 is 0. The van der Waals surface area contributed by atoms with E-state index in [-0.39, 0.29) is 11.6 Å². The maximum absolute atomic E-state index is 11.4. The zero-order valence-electron chi connectivity index (χ0n) is 8.60. The molecule has 0 saturated carbocycles. The van der Waals surface area contributed by atoms with E-state index in [2.05, 4.69) is 26.9 Å². The summed E-state index contributed by atoms with van der Waals surface area (Å²) in [5.74, 6) is 0.687. The van der Waals surface area contributed by atoms with E-state index in [1.54, 1.807) is 0 Å². The summed E-state index contributed by atoms with van der Waals surface area (Å²) in [5, 5.41) is 0. The van der Waals surface area contributed by atoms with Crippen LogP contribution in [0.5, 0.6) is 0 Å². The molecule has 5 heteroatoms. The van der Waals surface area contributed by atoms with Crippen LogP contribution in [0.2, 0.25) is 0 Å². The average Bonchev–Trinajstić information content (AvgIpc) is 2.66. The zero-order chi connectivity index (χ0) is 10.7.